The highest BCUT2D eigenvalue weighted by Gasteiger charge is 2.36. The molecule has 0 saturated heterocycles. The second kappa shape index (κ2) is 11.4. The largest absolute Gasteiger partial charge is 0.444 e. The average molecular weight is 488 g/mol. The Bertz CT molecular complexity index is 1020. The predicted molar refractivity (Wildman–Crippen MR) is 138 cm³/mol. The Morgan fingerprint density at radius 3 is 2.46 bits per heavy atom. The van der Waals surface area contributed by atoms with Gasteiger partial charge in [-0.3, -0.25) is 4.79 Å². The van der Waals surface area contributed by atoms with Crippen LogP contribution < -0.4 is 5.32 Å². The number of carbonyl (C=O) groups is 2. The van der Waals surface area contributed by atoms with Crippen LogP contribution in [0, 0.1) is 17.7 Å². The van der Waals surface area contributed by atoms with E-state index >= 15 is 0 Å². The van der Waals surface area contributed by atoms with E-state index in [0.717, 1.165) is 48.8 Å². The van der Waals surface area contributed by atoms with Gasteiger partial charge in [0.1, 0.15) is 11.4 Å². The third-order valence-electron chi connectivity index (χ3n) is 6.75. The monoisotopic (exact) mass is 487 g/mol. The molecule has 35 heavy (non-hydrogen) atoms. The van der Waals surface area contributed by atoms with Gasteiger partial charge in [-0.2, -0.15) is 0 Å². The van der Waals surface area contributed by atoms with Gasteiger partial charge in [-0.15, -0.1) is 0 Å². The van der Waals surface area contributed by atoms with Gasteiger partial charge >= 0.3 is 6.09 Å². The summed E-state index contributed by atoms with van der Waals surface area (Å²) in [6.45, 7) is 10.7. The van der Waals surface area contributed by atoms with Crippen LogP contribution in [-0.2, 0) is 16.0 Å². The first-order valence-corrected chi connectivity index (χ1v) is 13.0. The molecule has 2 aromatic rings. The summed E-state index contributed by atoms with van der Waals surface area (Å²) in [7, 11) is 1.54. The van der Waals surface area contributed by atoms with Gasteiger partial charge < -0.3 is 19.9 Å². The van der Waals surface area contributed by atoms with Crippen LogP contribution in [0.1, 0.15) is 90.4 Å². The molecule has 6 nitrogen and oxygen atoms in total. The number of aromatic amines is 1. The molecule has 2 N–H and O–H groups in total. The molecule has 0 bridgehead atoms. The number of carbonyl (C=O) groups excluding carboxylic acids is 2. The summed E-state index contributed by atoms with van der Waals surface area (Å²) in [5.41, 5.74) is 2.88. The summed E-state index contributed by atoms with van der Waals surface area (Å²) < 4.78 is 18.5. The van der Waals surface area contributed by atoms with Crippen molar-refractivity contribution < 1.29 is 18.7 Å². The van der Waals surface area contributed by atoms with Crippen molar-refractivity contribution in [2.75, 3.05) is 13.6 Å². The van der Waals surface area contributed by atoms with Crippen LogP contribution in [0.2, 0.25) is 0 Å². The van der Waals surface area contributed by atoms with Crippen LogP contribution in [0.5, 0.6) is 0 Å². The molecule has 1 unspecified atom stereocenters. The fourth-order valence-corrected chi connectivity index (χ4v) is 5.21. The number of hydrogen-bond acceptors (Lipinski definition) is 3. The van der Waals surface area contributed by atoms with Gasteiger partial charge in [-0.25, -0.2) is 9.18 Å². The van der Waals surface area contributed by atoms with Crippen molar-refractivity contribution in [2.45, 2.75) is 91.2 Å². The Morgan fingerprint density at radius 1 is 1.20 bits per heavy atom. The van der Waals surface area contributed by atoms with Crippen LogP contribution >= 0.6 is 0 Å². The van der Waals surface area contributed by atoms with Gasteiger partial charge in [0.05, 0.1) is 6.04 Å². The molecule has 1 fully saturated rings. The summed E-state index contributed by atoms with van der Waals surface area (Å²) in [5, 5.41) is 3.47. The zero-order chi connectivity index (χ0) is 25.8. The lowest BCUT2D eigenvalue weighted by Crippen LogP contribution is -2.44. The number of H-pyrrole nitrogens is 1. The highest BCUT2D eigenvalue weighted by atomic mass is 19.1. The van der Waals surface area contributed by atoms with Gasteiger partial charge in [0, 0.05) is 36.1 Å². The molecule has 1 aromatic heterocycles. The topological polar surface area (TPSA) is 74.4 Å². The number of fused-ring (bicyclic) bond motifs is 3. The number of nitrogens with zero attached hydrogens (tertiary/aromatic N) is 1. The number of ether oxygens (including phenoxy) is 1. The van der Waals surface area contributed by atoms with Crippen molar-refractivity contribution in [3.63, 3.8) is 0 Å². The van der Waals surface area contributed by atoms with E-state index in [0.29, 0.717) is 11.8 Å². The van der Waals surface area contributed by atoms with Gasteiger partial charge in [0.25, 0.3) is 0 Å². The zero-order valence-electron chi connectivity index (χ0n) is 22.2. The number of nitrogens with one attached hydrogen (secondary N) is 2. The number of alkyl carbamates (subject to hydrolysis) is 1. The molecule has 2 amide bonds. The van der Waals surface area contributed by atoms with Crippen molar-refractivity contribution in [3.8, 4) is 0 Å². The molecular formula is C28H42FN3O3. The number of amides is 2. The molecule has 1 aliphatic heterocycles. The summed E-state index contributed by atoms with van der Waals surface area (Å²) in [5.74, 6) is 0.815. The number of aromatic nitrogens is 1. The van der Waals surface area contributed by atoms with E-state index in [2.05, 4.69) is 29.0 Å². The number of benzene rings is 1. The number of rotatable bonds is 3. The quantitative estimate of drug-likeness (QED) is 0.519. The maximum atomic E-state index is 13.7. The van der Waals surface area contributed by atoms with Crippen LogP contribution in [0.15, 0.2) is 18.2 Å². The standard InChI is InChI=1S/C22H29FN2O.C6H13NO2/c1-14(2)12-20-21-18(17-9-8-16(23)13-19(17)24-21)10-11-25(20)22(26)15-6-4-3-5-7-15;1-6(2,3)9-5(8)7-4/h8-9,13-15,20,24H,3-7,10-12H2,1-2H3;1-4H3,(H,7,8). The van der Waals surface area contributed by atoms with Crippen molar-refractivity contribution in [2.24, 2.45) is 11.8 Å². The summed E-state index contributed by atoms with van der Waals surface area (Å²) >= 11 is 0. The minimum Gasteiger partial charge on any atom is -0.444 e. The number of halogens is 1. The first kappa shape index (κ1) is 27.0. The molecule has 4 rings (SSSR count). The van der Waals surface area contributed by atoms with Crippen molar-refractivity contribution in [3.05, 3.63) is 35.3 Å². The lowest BCUT2D eigenvalue weighted by Gasteiger charge is -2.39. The average Bonchev–Trinajstić information content (AvgIpc) is 3.16. The second-order valence-corrected chi connectivity index (χ2v) is 11.2. The molecule has 2 aliphatic rings. The molecule has 0 spiro atoms. The van der Waals surface area contributed by atoms with Crippen molar-refractivity contribution in [1.82, 2.24) is 15.2 Å². The predicted octanol–water partition coefficient (Wildman–Crippen LogP) is 6.50. The Kier molecular flexibility index (Phi) is 8.84. The normalized spacial score (nSPS) is 18.6. The maximum Gasteiger partial charge on any atom is 0.407 e. The van der Waals surface area contributed by atoms with Crippen LogP contribution in [0.25, 0.3) is 10.9 Å². The van der Waals surface area contributed by atoms with Gasteiger partial charge in [0.15, 0.2) is 0 Å². The molecule has 1 atom stereocenters. The summed E-state index contributed by atoms with van der Waals surface area (Å²) in [6.07, 6.45) is 7.10. The first-order chi connectivity index (χ1) is 16.5. The third kappa shape index (κ3) is 6.98. The zero-order valence-corrected chi connectivity index (χ0v) is 22.2. The van der Waals surface area contributed by atoms with E-state index in [1.165, 1.54) is 37.9 Å². The first-order valence-electron chi connectivity index (χ1n) is 13.0. The van der Waals surface area contributed by atoms with Crippen LogP contribution in [0.3, 0.4) is 0 Å². The van der Waals surface area contributed by atoms with Gasteiger partial charge in [-0.1, -0.05) is 33.1 Å². The summed E-state index contributed by atoms with van der Waals surface area (Å²) in [6, 6.07) is 5.08. The summed E-state index contributed by atoms with van der Waals surface area (Å²) in [4.78, 5) is 29.4. The SMILES string of the molecule is CC(C)CC1c2[nH]c3cc(F)ccc3c2CCN1C(=O)C1CCCCC1.CNC(=O)OC(C)(C)C. The molecule has 2 heterocycles. The molecule has 1 aliphatic carbocycles. The second-order valence-electron chi connectivity index (χ2n) is 11.2. The van der Waals surface area contributed by atoms with E-state index in [1.54, 1.807) is 6.07 Å². The Labute approximate surface area is 209 Å². The Morgan fingerprint density at radius 2 is 1.89 bits per heavy atom. The fraction of sp³-hybridized carbons (Fsp3) is 0.643. The van der Waals surface area contributed by atoms with Gasteiger partial charge in [0.2, 0.25) is 5.91 Å². The Balaban J connectivity index is 0.000000327. The number of hydrogen-bond donors (Lipinski definition) is 2. The highest BCUT2D eigenvalue weighted by molar-refractivity contribution is 5.86. The Hall–Kier alpha value is -2.57. The minimum atomic E-state index is -0.389. The van der Waals surface area contributed by atoms with Crippen molar-refractivity contribution >= 4 is 22.9 Å². The van der Waals surface area contributed by atoms with E-state index in [9.17, 15) is 14.0 Å². The van der Waals surface area contributed by atoms with E-state index in [-0.39, 0.29) is 29.5 Å². The highest BCUT2D eigenvalue weighted by Crippen LogP contribution is 2.39. The van der Waals surface area contributed by atoms with Crippen LogP contribution in [-0.4, -0.2) is 41.1 Å². The lowest BCUT2D eigenvalue weighted by atomic mass is 9.85. The maximum absolute atomic E-state index is 13.7. The smallest absolute Gasteiger partial charge is 0.407 e. The van der Waals surface area contributed by atoms with Gasteiger partial charge in [-0.05, 0) is 76.1 Å². The minimum absolute atomic E-state index is 0.0867. The lowest BCUT2D eigenvalue weighted by molar-refractivity contribution is -0.140. The molecule has 7 heteroatoms. The molecule has 0 radical (unpaired) electrons. The van der Waals surface area contributed by atoms with E-state index < -0.39 is 0 Å². The molecular weight excluding hydrogens is 445 g/mol. The van der Waals surface area contributed by atoms with E-state index in [4.69, 9.17) is 4.74 Å². The fourth-order valence-electron chi connectivity index (χ4n) is 5.21. The van der Waals surface area contributed by atoms with Crippen LogP contribution in [0.4, 0.5) is 9.18 Å². The molecule has 194 valence electrons. The van der Waals surface area contributed by atoms with Crippen molar-refractivity contribution in [1.29, 1.82) is 0 Å². The molecule has 1 aromatic carbocycles. The van der Waals surface area contributed by atoms with E-state index in [1.807, 2.05) is 26.8 Å². The third-order valence-corrected chi connectivity index (χ3v) is 6.75. The molecule has 1 saturated carbocycles.